The van der Waals surface area contributed by atoms with Crippen LogP contribution in [0.5, 0.6) is 0 Å². The zero-order valence-electron chi connectivity index (χ0n) is 24.1. The Bertz CT molecular complexity index is 1490. The second kappa shape index (κ2) is 14.2. The highest BCUT2D eigenvalue weighted by atomic mass is 35.5. The number of amides is 2. The highest BCUT2D eigenvalue weighted by Crippen LogP contribution is 2.29. The quantitative estimate of drug-likeness (QED) is 0.237. The molecule has 0 spiro atoms. The van der Waals surface area contributed by atoms with Gasteiger partial charge in [-0.05, 0) is 81.1 Å². The fourth-order valence-electron chi connectivity index (χ4n) is 4.29. The predicted octanol–water partition coefficient (Wildman–Crippen LogP) is 6.45. The first-order chi connectivity index (χ1) is 19.3. The van der Waals surface area contributed by atoms with E-state index in [0.717, 1.165) is 28.3 Å². The third-order valence-corrected chi connectivity index (χ3v) is 9.23. The SMILES string of the molecule is CCCCNC(=O)C(C)N(Cc1ccc(Cl)cc1Cl)C(=O)CN(c1cc(C)ccc1C)S(=O)(=O)c1ccc(C)cc1. The first kappa shape index (κ1) is 32.4. The van der Waals surface area contributed by atoms with Crippen LogP contribution in [0.3, 0.4) is 0 Å². The first-order valence-electron chi connectivity index (χ1n) is 13.5. The lowest BCUT2D eigenvalue weighted by atomic mass is 10.1. The molecule has 220 valence electrons. The Morgan fingerprint density at radius 1 is 0.927 bits per heavy atom. The fraction of sp³-hybridized carbons (Fsp3) is 0.355. The summed E-state index contributed by atoms with van der Waals surface area (Å²) in [7, 11) is -4.15. The van der Waals surface area contributed by atoms with Crippen molar-refractivity contribution in [1.82, 2.24) is 10.2 Å². The summed E-state index contributed by atoms with van der Waals surface area (Å²) >= 11 is 12.5. The highest BCUT2D eigenvalue weighted by Gasteiger charge is 2.33. The minimum Gasteiger partial charge on any atom is -0.354 e. The minimum absolute atomic E-state index is 0.0115. The number of carbonyl (C=O) groups excluding carboxylic acids is 2. The number of benzene rings is 3. The van der Waals surface area contributed by atoms with Crippen molar-refractivity contribution in [1.29, 1.82) is 0 Å². The number of nitrogens with zero attached hydrogens (tertiary/aromatic N) is 2. The van der Waals surface area contributed by atoms with Crippen LogP contribution in [0.2, 0.25) is 10.0 Å². The first-order valence-corrected chi connectivity index (χ1v) is 15.7. The van der Waals surface area contributed by atoms with Gasteiger partial charge in [0.05, 0.1) is 10.6 Å². The number of hydrogen-bond acceptors (Lipinski definition) is 4. The van der Waals surface area contributed by atoms with E-state index >= 15 is 0 Å². The van der Waals surface area contributed by atoms with Crippen LogP contribution in [-0.4, -0.2) is 44.3 Å². The van der Waals surface area contributed by atoms with Gasteiger partial charge < -0.3 is 10.2 Å². The molecule has 1 atom stereocenters. The average Bonchev–Trinajstić information content (AvgIpc) is 2.92. The van der Waals surface area contributed by atoms with Crippen molar-refractivity contribution in [2.45, 2.75) is 64.9 Å². The van der Waals surface area contributed by atoms with Crippen LogP contribution in [0.25, 0.3) is 0 Å². The van der Waals surface area contributed by atoms with Crippen LogP contribution in [0, 0.1) is 20.8 Å². The van der Waals surface area contributed by atoms with E-state index in [1.165, 1.54) is 17.0 Å². The Labute approximate surface area is 253 Å². The highest BCUT2D eigenvalue weighted by molar-refractivity contribution is 7.92. The summed E-state index contributed by atoms with van der Waals surface area (Å²) in [5.74, 6) is -0.887. The summed E-state index contributed by atoms with van der Waals surface area (Å²) in [6.45, 7) is 9.12. The third-order valence-electron chi connectivity index (χ3n) is 6.87. The molecule has 3 aromatic rings. The van der Waals surface area contributed by atoms with Gasteiger partial charge in [0, 0.05) is 23.1 Å². The van der Waals surface area contributed by atoms with Crippen molar-refractivity contribution >= 4 is 50.7 Å². The molecule has 41 heavy (non-hydrogen) atoms. The van der Waals surface area contributed by atoms with Crippen molar-refractivity contribution in [2.75, 3.05) is 17.4 Å². The molecule has 0 aromatic heterocycles. The molecule has 0 bridgehead atoms. The number of rotatable bonds is 12. The molecule has 0 saturated heterocycles. The lowest BCUT2D eigenvalue weighted by Gasteiger charge is -2.32. The molecule has 0 aliphatic rings. The average molecular weight is 619 g/mol. The maximum absolute atomic E-state index is 14.1. The molecular weight excluding hydrogens is 581 g/mol. The van der Waals surface area contributed by atoms with E-state index in [0.29, 0.717) is 33.4 Å². The number of carbonyl (C=O) groups is 2. The molecule has 0 heterocycles. The summed E-state index contributed by atoms with van der Waals surface area (Å²) in [4.78, 5) is 28.6. The van der Waals surface area contributed by atoms with Gasteiger partial charge in [-0.2, -0.15) is 0 Å². The molecule has 3 aromatic carbocycles. The van der Waals surface area contributed by atoms with E-state index in [1.807, 2.05) is 32.9 Å². The van der Waals surface area contributed by atoms with Crippen molar-refractivity contribution in [3.05, 3.63) is 93.0 Å². The summed E-state index contributed by atoms with van der Waals surface area (Å²) in [5, 5.41) is 3.65. The number of aryl methyl sites for hydroxylation is 3. The number of hydrogen-bond donors (Lipinski definition) is 1. The fourth-order valence-corrected chi connectivity index (χ4v) is 6.23. The zero-order valence-corrected chi connectivity index (χ0v) is 26.4. The lowest BCUT2D eigenvalue weighted by Crippen LogP contribution is -2.51. The van der Waals surface area contributed by atoms with E-state index in [9.17, 15) is 18.0 Å². The van der Waals surface area contributed by atoms with Gasteiger partial charge in [-0.25, -0.2) is 8.42 Å². The lowest BCUT2D eigenvalue weighted by molar-refractivity contribution is -0.139. The summed E-state index contributed by atoms with van der Waals surface area (Å²) in [6, 6.07) is 16.0. The largest absolute Gasteiger partial charge is 0.354 e. The van der Waals surface area contributed by atoms with Crippen molar-refractivity contribution < 1.29 is 18.0 Å². The number of halogens is 2. The van der Waals surface area contributed by atoms with E-state index in [-0.39, 0.29) is 17.3 Å². The standard InChI is InChI=1S/C31H37Cl2N3O4S/c1-6-7-16-34-31(38)24(5)35(19-25-12-13-26(32)18-28(25)33)30(37)20-36(29-17-22(3)8-11-23(29)4)41(39,40)27-14-9-21(2)10-15-27/h8-15,17-18,24H,6-7,16,19-20H2,1-5H3,(H,34,38). The molecule has 1 unspecified atom stereocenters. The Morgan fingerprint density at radius 3 is 2.22 bits per heavy atom. The van der Waals surface area contributed by atoms with Gasteiger partial charge in [-0.3, -0.25) is 13.9 Å². The van der Waals surface area contributed by atoms with Crippen LogP contribution in [-0.2, 0) is 26.2 Å². The number of nitrogens with one attached hydrogen (secondary N) is 1. The maximum Gasteiger partial charge on any atom is 0.264 e. The Morgan fingerprint density at radius 2 is 1.59 bits per heavy atom. The molecule has 3 rings (SSSR count). The second-order valence-corrected chi connectivity index (χ2v) is 12.9. The Balaban J connectivity index is 2.06. The predicted molar refractivity (Wildman–Crippen MR) is 166 cm³/mol. The second-order valence-electron chi connectivity index (χ2n) is 10.2. The zero-order chi connectivity index (χ0) is 30.3. The smallest absolute Gasteiger partial charge is 0.264 e. The molecule has 0 saturated carbocycles. The van der Waals surface area contributed by atoms with E-state index < -0.39 is 28.5 Å². The van der Waals surface area contributed by atoms with Gasteiger partial charge in [-0.15, -0.1) is 0 Å². The van der Waals surface area contributed by atoms with Gasteiger partial charge in [0.15, 0.2) is 0 Å². The third kappa shape index (κ3) is 8.24. The molecular formula is C31H37Cl2N3O4S. The van der Waals surface area contributed by atoms with Gasteiger partial charge >= 0.3 is 0 Å². The van der Waals surface area contributed by atoms with Crippen LogP contribution >= 0.6 is 23.2 Å². The van der Waals surface area contributed by atoms with Gasteiger partial charge in [0.2, 0.25) is 11.8 Å². The van der Waals surface area contributed by atoms with Crippen LogP contribution < -0.4 is 9.62 Å². The van der Waals surface area contributed by atoms with Gasteiger partial charge in [-0.1, -0.05) is 72.4 Å². The summed E-state index contributed by atoms with van der Waals surface area (Å²) in [5.41, 5.74) is 3.42. The molecule has 0 radical (unpaired) electrons. The van der Waals surface area contributed by atoms with Crippen LogP contribution in [0.1, 0.15) is 48.9 Å². The molecule has 0 fully saturated rings. The molecule has 0 aliphatic carbocycles. The number of unbranched alkanes of at least 4 members (excludes halogenated alkanes) is 1. The molecule has 2 amide bonds. The van der Waals surface area contributed by atoms with Gasteiger partial charge in [0.25, 0.3) is 10.0 Å². The van der Waals surface area contributed by atoms with Crippen molar-refractivity contribution in [3.8, 4) is 0 Å². The molecule has 0 aliphatic heterocycles. The Kier molecular flexibility index (Phi) is 11.2. The minimum atomic E-state index is -4.15. The monoisotopic (exact) mass is 617 g/mol. The number of sulfonamides is 1. The topological polar surface area (TPSA) is 86.8 Å². The maximum atomic E-state index is 14.1. The normalized spacial score (nSPS) is 12.1. The summed E-state index contributed by atoms with van der Waals surface area (Å²) < 4.78 is 29.2. The Hall–Kier alpha value is -3.07. The number of anilines is 1. The van der Waals surface area contributed by atoms with E-state index in [2.05, 4.69) is 5.32 Å². The van der Waals surface area contributed by atoms with Crippen LogP contribution in [0.4, 0.5) is 5.69 Å². The molecule has 10 heteroatoms. The van der Waals surface area contributed by atoms with Crippen LogP contribution in [0.15, 0.2) is 65.6 Å². The molecule has 1 N–H and O–H groups in total. The van der Waals surface area contributed by atoms with E-state index in [4.69, 9.17) is 23.2 Å². The van der Waals surface area contributed by atoms with Crippen molar-refractivity contribution in [3.63, 3.8) is 0 Å². The van der Waals surface area contributed by atoms with Crippen molar-refractivity contribution in [2.24, 2.45) is 0 Å². The summed E-state index contributed by atoms with van der Waals surface area (Å²) in [6.07, 6.45) is 1.70. The van der Waals surface area contributed by atoms with Gasteiger partial charge in [0.1, 0.15) is 12.6 Å². The van der Waals surface area contributed by atoms with E-state index in [1.54, 1.807) is 50.2 Å². The molecule has 7 nitrogen and oxygen atoms in total.